The van der Waals surface area contributed by atoms with Gasteiger partial charge in [-0.05, 0) is 6.42 Å². The van der Waals surface area contributed by atoms with E-state index in [0.29, 0.717) is 52.9 Å². The molecule has 0 atom stereocenters. The van der Waals surface area contributed by atoms with Gasteiger partial charge >= 0.3 is 11.9 Å². The van der Waals surface area contributed by atoms with Gasteiger partial charge in [-0.25, -0.2) is 4.79 Å². The highest BCUT2D eigenvalue weighted by molar-refractivity contribution is 6.32. The number of ketones is 1. The molecule has 0 fully saturated rings. The van der Waals surface area contributed by atoms with Crippen molar-refractivity contribution in [3.05, 3.63) is 0 Å². The molecule has 10 nitrogen and oxygen atoms in total. The van der Waals surface area contributed by atoms with E-state index in [-0.39, 0.29) is 26.1 Å². The van der Waals surface area contributed by atoms with Gasteiger partial charge in [-0.15, -0.1) is 0 Å². The fraction of sp³-hybridized carbons (Fsp3) is 0.880. The van der Waals surface area contributed by atoms with Crippen LogP contribution >= 0.6 is 0 Å². The number of carboxylic acid groups (broad SMARTS) is 1. The Labute approximate surface area is 209 Å². The summed E-state index contributed by atoms with van der Waals surface area (Å²) in [5.41, 5.74) is 0. The van der Waals surface area contributed by atoms with Crippen molar-refractivity contribution >= 4 is 17.7 Å². The number of carbonyl (C=O) groups excluding carboxylic acids is 2. The molecule has 206 valence electrons. The molecule has 0 aromatic heterocycles. The van der Waals surface area contributed by atoms with Crippen molar-refractivity contribution in [1.29, 1.82) is 0 Å². The third-order valence-electron chi connectivity index (χ3n) is 4.92. The highest BCUT2D eigenvalue weighted by atomic mass is 16.6. The van der Waals surface area contributed by atoms with Gasteiger partial charge in [-0.3, -0.25) is 9.59 Å². The van der Waals surface area contributed by atoms with Crippen LogP contribution in [0, 0.1) is 0 Å². The second-order valence-electron chi connectivity index (χ2n) is 7.99. The summed E-state index contributed by atoms with van der Waals surface area (Å²) in [6.07, 6.45) is 9.76. The third kappa shape index (κ3) is 26.9. The first kappa shape index (κ1) is 33.4. The maximum atomic E-state index is 11.3. The molecule has 0 unspecified atom stereocenters. The number of carbonyl (C=O) groups is 3. The van der Waals surface area contributed by atoms with E-state index in [4.69, 9.17) is 33.5 Å². The fourth-order valence-corrected chi connectivity index (χ4v) is 2.93. The van der Waals surface area contributed by atoms with Gasteiger partial charge in [0.2, 0.25) is 5.78 Å². The Balaban J connectivity index is 3.14. The lowest BCUT2D eigenvalue weighted by Gasteiger charge is -2.08. The van der Waals surface area contributed by atoms with Crippen molar-refractivity contribution < 1.29 is 47.9 Å². The SMILES string of the molecule is CCCCCCCCCCOCCOCCOCCOCCOCCOC(=O)CCC(=O)C(=O)O. The lowest BCUT2D eigenvalue weighted by Crippen LogP contribution is -2.17. The molecule has 0 bridgehead atoms. The van der Waals surface area contributed by atoms with Crippen LogP contribution in [0.25, 0.3) is 0 Å². The quantitative estimate of drug-likeness (QED) is 0.0960. The molecule has 0 heterocycles. The predicted molar refractivity (Wildman–Crippen MR) is 130 cm³/mol. The number of unbranched alkanes of at least 4 members (excludes halogenated alkanes) is 7. The van der Waals surface area contributed by atoms with Crippen LogP contribution in [0.1, 0.15) is 71.1 Å². The number of Topliss-reactive ketones (excluding diaryl/α,β-unsaturated/α-hetero) is 1. The summed E-state index contributed by atoms with van der Waals surface area (Å²) >= 11 is 0. The standard InChI is InChI=1S/C25H46O10/c1-2-3-4-5-6-7-8-9-12-30-13-14-31-15-16-32-17-18-33-19-20-34-21-22-35-24(27)11-10-23(26)25(28)29/h2-22H2,1H3,(H,28,29). The summed E-state index contributed by atoms with van der Waals surface area (Å²) in [5.74, 6) is -3.20. The first-order valence-corrected chi connectivity index (χ1v) is 12.9. The monoisotopic (exact) mass is 506 g/mol. The van der Waals surface area contributed by atoms with Gasteiger partial charge in [-0.2, -0.15) is 0 Å². The smallest absolute Gasteiger partial charge is 0.372 e. The topological polar surface area (TPSA) is 127 Å². The van der Waals surface area contributed by atoms with E-state index in [1.54, 1.807) is 0 Å². The third-order valence-corrected chi connectivity index (χ3v) is 4.92. The van der Waals surface area contributed by atoms with Crippen LogP contribution in [0.4, 0.5) is 0 Å². The van der Waals surface area contributed by atoms with Crippen LogP contribution in [-0.4, -0.2) is 95.5 Å². The molecule has 0 aromatic carbocycles. The molecular formula is C25H46O10. The number of rotatable bonds is 28. The maximum Gasteiger partial charge on any atom is 0.372 e. The molecule has 0 amide bonds. The first-order valence-electron chi connectivity index (χ1n) is 12.9. The van der Waals surface area contributed by atoms with Crippen LogP contribution in [0.3, 0.4) is 0 Å². The number of carboxylic acids is 1. The number of esters is 1. The Morgan fingerprint density at radius 2 is 0.914 bits per heavy atom. The zero-order chi connectivity index (χ0) is 25.8. The highest BCUT2D eigenvalue weighted by Crippen LogP contribution is 2.08. The van der Waals surface area contributed by atoms with Crippen LogP contribution < -0.4 is 0 Å². The van der Waals surface area contributed by atoms with Gasteiger partial charge in [0.1, 0.15) is 6.61 Å². The summed E-state index contributed by atoms with van der Waals surface area (Å²) < 4.78 is 31.9. The molecule has 35 heavy (non-hydrogen) atoms. The number of hydrogen-bond donors (Lipinski definition) is 1. The van der Waals surface area contributed by atoms with Crippen molar-refractivity contribution in [2.24, 2.45) is 0 Å². The van der Waals surface area contributed by atoms with E-state index >= 15 is 0 Å². The van der Waals surface area contributed by atoms with E-state index in [2.05, 4.69) is 6.92 Å². The molecule has 0 saturated heterocycles. The molecule has 0 saturated carbocycles. The Bertz CT molecular complexity index is 512. The molecule has 1 N–H and O–H groups in total. The summed E-state index contributed by atoms with van der Waals surface area (Å²) in [6.45, 7) is 7.12. The minimum atomic E-state index is -1.55. The van der Waals surface area contributed by atoms with Gasteiger partial charge in [-0.1, -0.05) is 51.9 Å². The second kappa shape index (κ2) is 27.0. The summed E-state index contributed by atoms with van der Waals surface area (Å²) in [5, 5.41) is 8.41. The molecule has 0 rings (SSSR count). The number of hydrogen-bond acceptors (Lipinski definition) is 9. The predicted octanol–water partition coefficient (Wildman–Crippen LogP) is 3.19. The fourth-order valence-electron chi connectivity index (χ4n) is 2.93. The van der Waals surface area contributed by atoms with Crippen molar-refractivity contribution in [1.82, 2.24) is 0 Å². The molecular weight excluding hydrogens is 460 g/mol. The average Bonchev–Trinajstić information content (AvgIpc) is 2.85. The Hall–Kier alpha value is -1.59. The molecule has 0 aliphatic rings. The zero-order valence-electron chi connectivity index (χ0n) is 21.5. The highest BCUT2D eigenvalue weighted by Gasteiger charge is 2.14. The van der Waals surface area contributed by atoms with E-state index in [9.17, 15) is 14.4 Å². The minimum absolute atomic E-state index is 0.0352. The van der Waals surface area contributed by atoms with Crippen LogP contribution in [0.15, 0.2) is 0 Å². The molecule has 0 spiro atoms. The van der Waals surface area contributed by atoms with Crippen molar-refractivity contribution in [2.75, 3.05) is 72.7 Å². The molecule has 0 aliphatic carbocycles. The Morgan fingerprint density at radius 3 is 1.37 bits per heavy atom. The second-order valence-corrected chi connectivity index (χ2v) is 7.99. The van der Waals surface area contributed by atoms with Gasteiger partial charge in [0.15, 0.2) is 0 Å². The summed E-state index contributed by atoms with van der Waals surface area (Å²) in [4.78, 5) is 32.5. The molecule has 0 radical (unpaired) electrons. The van der Waals surface area contributed by atoms with Crippen LogP contribution in [0.2, 0.25) is 0 Å². The van der Waals surface area contributed by atoms with Crippen LogP contribution in [-0.2, 0) is 42.8 Å². The normalized spacial score (nSPS) is 11.0. The van der Waals surface area contributed by atoms with Crippen molar-refractivity contribution in [3.8, 4) is 0 Å². The number of ether oxygens (including phenoxy) is 6. The zero-order valence-corrected chi connectivity index (χ0v) is 21.5. The lowest BCUT2D eigenvalue weighted by atomic mass is 10.1. The van der Waals surface area contributed by atoms with Gasteiger partial charge < -0.3 is 33.5 Å². The Morgan fingerprint density at radius 1 is 0.514 bits per heavy atom. The van der Waals surface area contributed by atoms with Gasteiger partial charge in [0.05, 0.1) is 65.9 Å². The van der Waals surface area contributed by atoms with Crippen molar-refractivity contribution in [3.63, 3.8) is 0 Å². The van der Waals surface area contributed by atoms with Crippen molar-refractivity contribution in [2.45, 2.75) is 71.1 Å². The molecule has 0 aromatic rings. The molecule has 10 heteroatoms. The largest absolute Gasteiger partial charge is 0.476 e. The Kier molecular flexibility index (Phi) is 25.8. The van der Waals surface area contributed by atoms with E-state index in [0.717, 1.165) is 13.0 Å². The first-order chi connectivity index (χ1) is 17.1. The van der Waals surface area contributed by atoms with E-state index in [1.807, 2.05) is 0 Å². The summed E-state index contributed by atoms with van der Waals surface area (Å²) in [6, 6.07) is 0. The van der Waals surface area contributed by atoms with E-state index in [1.165, 1.54) is 44.9 Å². The average molecular weight is 507 g/mol. The summed E-state index contributed by atoms with van der Waals surface area (Å²) in [7, 11) is 0. The van der Waals surface area contributed by atoms with E-state index < -0.39 is 17.7 Å². The van der Waals surface area contributed by atoms with Gasteiger partial charge in [0, 0.05) is 13.0 Å². The minimum Gasteiger partial charge on any atom is -0.476 e. The van der Waals surface area contributed by atoms with Gasteiger partial charge in [0.25, 0.3) is 0 Å². The van der Waals surface area contributed by atoms with Crippen LogP contribution in [0.5, 0.6) is 0 Å². The molecule has 0 aliphatic heterocycles. The maximum absolute atomic E-state index is 11.3. The number of aliphatic carboxylic acids is 1. The lowest BCUT2D eigenvalue weighted by molar-refractivity contribution is -0.151.